The van der Waals surface area contributed by atoms with Crippen LogP contribution in [0.3, 0.4) is 0 Å². The number of nitrogens with one attached hydrogen (secondary N) is 1. The summed E-state index contributed by atoms with van der Waals surface area (Å²) in [5.74, 6) is -1.12. The number of hydrogen-bond donors (Lipinski definition) is 1. The lowest BCUT2D eigenvalue weighted by atomic mass is 9.85. The summed E-state index contributed by atoms with van der Waals surface area (Å²) in [5, 5.41) is 4.10. The number of halogens is 4. The first-order valence-electron chi connectivity index (χ1n) is 6.94. The Morgan fingerprint density at radius 2 is 1.65 bits per heavy atom. The summed E-state index contributed by atoms with van der Waals surface area (Å²) in [6.07, 6.45) is -2.40. The molecule has 0 bridgehead atoms. The molecule has 0 saturated heterocycles. The molecular formula is C15H19ClF3N. The Morgan fingerprint density at radius 1 is 1.10 bits per heavy atom. The summed E-state index contributed by atoms with van der Waals surface area (Å²) in [7, 11) is 0. The minimum Gasteiger partial charge on any atom is -0.307 e. The maximum atomic E-state index is 12.6. The highest BCUT2D eigenvalue weighted by molar-refractivity contribution is 6.30. The molecule has 0 aliphatic heterocycles. The fraction of sp³-hybridized carbons (Fsp3) is 0.600. The van der Waals surface area contributed by atoms with Gasteiger partial charge in [-0.1, -0.05) is 23.7 Å². The van der Waals surface area contributed by atoms with Gasteiger partial charge in [-0.3, -0.25) is 0 Å². The van der Waals surface area contributed by atoms with Crippen molar-refractivity contribution in [3.63, 3.8) is 0 Å². The highest BCUT2D eigenvalue weighted by Gasteiger charge is 2.41. The second-order valence-corrected chi connectivity index (χ2v) is 5.97. The van der Waals surface area contributed by atoms with Crippen LogP contribution in [-0.4, -0.2) is 12.2 Å². The molecule has 0 radical (unpaired) electrons. The van der Waals surface area contributed by atoms with Gasteiger partial charge in [0.15, 0.2) is 0 Å². The van der Waals surface area contributed by atoms with Crippen molar-refractivity contribution < 1.29 is 13.2 Å². The Hall–Kier alpha value is -0.740. The van der Waals surface area contributed by atoms with Crippen LogP contribution in [-0.2, 0) is 0 Å². The Bertz CT molecular complexity index is 422. The van der Waals surface area contributed by atoms with Gasteiger partial charge in [0.2, 0.25) is 0 Å². The molecule has 1 aliphatic carbocycles. The van der Waals surface area contributed by atoms with Gasteiger partial charge in [-0.05, 0) is 50.3 Å². The summed E-state index contributed by atoms with van der Waals surface area (Å²) in [5.41, 5.74) is 1.10. The number of benzene rings is 1. The van der Waals surface area contributed by atoms with Crippen LogP contribution >= 0.6 is 11.6 Å². The molecule has 1 fully saturated rings. The molecule has 0 unspecified atom stereocenters. The van der Waals surface area contributed by atoms with Crippen molar-refractivity contribution in [2.75, 3.05) is 0 Å². The van der Waals surface area contributed by atoms with E-state index in [1.54, 1.807) is 0 Å². The van der Waals surface area contributed by atoms with E-state index in [4.69, 9.17) is 11.6 Å². The maximum absolute atomic E-state index is 12.6. The Morgan fingerprint density at radius 3 is 2.15 bits per heavy atom. The zero-order valence-corrected chi connectivity index (χ0v) is 12.1. The third-order valence-corrected chi connectivity index (χ3v) is 4.30. The van der Waals surface area contributed by atoms with Crippen LogP contribution in [0, 0.1) is 5.92 Å². The van der Waals surface area contributed by atoms with E-state index < -0.39 is 12.1 Å². The second-order valence-electron chi connectivity index (χ2n) is 5.53. The Kier molecular flexibility index (Phi) is 4.97. The number of alkyl halides is 3. The highest BCUT2D eigenvalue weighted by atomic mass is 35.5. The van der Waals surface area contributed by atoms with Gasteiger partial charge >= 0.3 is 6.18 Å². The van der Waals surface area contributed by atoms with Crippen LogP contribution in [0.2, 0.25) is 5.02 Å². The topological polar surface area (TPSA) is 12.0 Å². The SMILES string of the molecule is C[C@H](NC1CCC(C(F)(F)F)CC1)c1ccc(Cl)cc1. The maximum Gasteiger partial charge on any atom is 0.391 e. The van der Waals surface area contributed by atoms with Gasteiger partial charge in [-0.15, -0.1) is 0 Å². The minimum atomic E-state index is -4.03. The first kappa shape index (κ1) is 15.6. The molecular weight excluding hydrogens is 287 g/mol. The van der Waals surface area contributed by atoms with E-state index in [9.17, 15) is 13.2 Å². The quantitative estimate of drug-likeness (QED) is 0.818. The van der Waals surface area contributed by atoms with Gasteiger partial charge < -0.3 is 5.32 Å². The van der Waals surface area contributed by atoms with Crippen LogP contribution in [0.1, 0.15) is 44.2 Å². The summed E-state index contributed by atoms with van der Waals surface area (Å²) in [6, 6.07) is 7.84. The van der Waals surface area contributed by atoms with Crippen LogP contribution in [0.25, 0.3) is 0 Å². The molecule has 1 aliphatic rings. The summed E-state index contributed by atoms with van der Waals surface area (Å²) >= 11 is 5.84. The van der Waals surface area contributed by atoms with Gasteiger partial charge in [0.1, 0.15) is 0 Å². The molecule has 1 N–H and O–H groups in total. The van der Waals surface area contributed by atoms with Crippen molar-refractivity contribution in [2.24, 2.45) is 5.92 Å². The molecule has 1 saturated carbocycles. The molecule has 0 amide bonds. The predicted octanol–water partition coefficient (Wildman–Crippen LogP) is 5.11. The van der Waals surface area contributed by atoms with Crippen molar-refractivity contribution >= 4 is 11.6 Å². The Balaban J connectivity index is 1.85. The summed E-state index contributed by atoms with van der Waals surface area (Å²) < 4.78 is 37.8. The van der Waals surface area contributed by atoms with E-state index in [2.05, 4.69) is 5.32 Å². The van der Waals surface area contributed by atoms with Crippen LogP contribution < -0.4 is 5.32 Å². The van der Waals surface area contributed by atoms with Gasteiger partial charge in [0.05, 0.1) is 5.92 Å². The monoisotopic (exact) mass is 305 g/mol. The third kappa shape index (κ3) is 4.13. The van der Waals surface area contributed by atoms with Gasteiger partial charge in [0, 0.05) is 17.1 Å². The van der Waals surface area contributed by atoms with Gasteiger partial charge in [-0.2, -0.15) is 13.2 Å². The van der Waals surface area contributed by atoms with E-state index in [0.29, 0.717) is 17.9 Å². The van der Waals surface area contributed by atoms with Crippen molar-refractivity contribution in [1.82, 2.24) is 5.32 Å². The lowest BCUT2D eigenvalue weighted by molar-refractivity contribution is -0.182. The predicted molar refractivity (Wildman–Crippen MR) is 74.8 cm³/mol. The van der Waals surface area contributed by atoms with E-state index in [1.165, 1.54) is 0 Å². The summed E-state index contributed by atoms with van der Waals surface area (Å²) in [6.45, 7) is 2.03. The average Bonchev–Trinajstić information content (AvgIpc) is 2.39. The number of hydrogen-bond acceptors (Lipinski definition) is 1. The molecule has 1 aromatic carbocycles. The zero-order chi connectivity index (χ0) is 14.8. The molecule has 112 valence electrons. The second kappa shape index (κ2) is 6.35. The first-order chi connectivity index (χ1) is 9.36. The van der Waals surface area contributed by atoms with E-state index in [0.717, 1.165) is 5.56 Å². The van der Waals surface area contributed by atoms with Crippen LogP contribution in [0.5, 0.6) is 0 Å². The van der Waals surface area contributed by atoms with E-state index >= 15 is 0 Å². The molecule has 20 heavy (non-hydrogen) atoms. The number of rotatable bonds is 3. The van der Waals surface area contributed by atoms with Crippen molar-refractivity contribution in [3.8, 4) is 0 Å². The minimum absolute atomic E-state index is 0.125. The lowest BCUT2D eigenvalue weighted by Crippen LogP contribution is -2.38. The molecule has 1 nitrogen and oxygen atoms in total. The summed E-state index contributed by atoms with van der Waals surface area (Å²) in [4.78, 5) is 0. The van der Waals surface area contributed by atoms with E-state index in [-0.39, 0.29) is 24.9 Å². The van der Waals surface area contributed by atoms with Crippen molar-refractivity contribution in [2.45, 2.75) is 50.9 Å². The zero-order valence-electron chi connectivity index (χ0n) is 11.4. The third-order valence-electron chi connectivity index (χ3n) is 4.05. The molecule has 0 spiro atoms. The fourth-order valence-corrected chi connectivity index (χ4v) is 2.91. The fourth-order valence-electron chi connectivity index (χ4n) is 2.79. The van der Waals surface area contributed by atoms with Crippen LogP contribution in [0.15, 0.2) is 24.3 Å². The van der Waals surface area contributed by atoms with E-state index in [1.807, 2.05) is 31.2 Å². The molecule has 5 heteroatoms. The standard InChI is InChI=1S/C15H19ClF3N/c1-10(11-2-6-13(16)7-3-11)20-14-8-4-12(5-9-14)15(17,18)19/h2-3,6-7,10,12,14,20H,4-5,8-9H2,1H3/t10-,12?,14?/m0/s1. The van der Waals surface area contributed by atoms with Crippen LogP contribution in [0.4, 0.5) is 13.2 Å². The Labute approximate surface area is 122 Å². The smallest absolute Gasteiger partial charge is 0.307 e. The van der Waals surface area contributed by atoms with Crippen molar-refractivity contribution in [3.05, 3.63) is 34.9 Å². The van der Waals surface area contributed by atoms with Gasteiger partial charge in [0.25, 0.3) is 0 Å². The molecule has 1 aromatic rings. The largest absolute Gasteiger partial charge is 0.391 e. The first-order valence-corrected chi connectivity index (χ1v) is 7.32. The lowest BCUT2D eigenvalue weighted by Gasteiger charge is -2.32. The molecule has 2 rings (SSSR count). The van der Waals surface area contributed by atoms with Gasteiger partial charge in [-0.25, -0.2) is 0 Å². The normalized spacial score (nSPS) is 25.4. The molecule has 1 atom stereocenters. The molecule has 0 heterocycles. The van der Waals surface area contributed by atoms with Crippen molar-refractivity contribution in [1.29, 1.82) is 0 Å². The molecule has 0 aromatic heterocycles. The highest BCUT2D eigenvalue weighted by Crippen LogP contribution is 2.37. The average molecular weight is 306 g/mol.